The number of nitrogens with zero attached hydrogens (tertiary/aromatic N) is 1. The molecule has 0 saturated carbocycles. The largest absolute Gasteiger partial charge is 0.376 e. The standard InChI is InChI=1S/C22H22N2O4/c25-20(23-11-10-15-5-2-1-3-6-15)16-8-9-18-19(13-16)22(27)24(21(18)26)14-17-7-4-12-28-17/h1-3,5-6,8-9,13,17H,4,7,10-12,14H2,(H,23,25). The molecule has 3 amide bonds. The highest BCUT2D eigenvalue weighted by atomic mass is 16.5. The first-order valence-corrected chi connectivity index (χ1v) is 9.57. The van der Waals surface area contributed by atoms with Crippen LogP contribution in [0.3, 0.4) is 0 Å². The molecular weight excluding hydrogens is 356 g/mol. The lowest BCUT2D eigenvalue weighted by atomic mass is 10.1. The molecule has 2 aromatic rings. The molecular formula is C22H22N2O4. The van der Waals surface area contributed by atoms with Crippen LogP contribution in [0.1, 0.15) is 49.5 Å². The maximum atomic E-state index is 12.7. The molecule has 6 nitrogen and oxygen atoms in total. The Labute approximate surface area is 163 Å². The van der Waals surface area contributed by atoms with E-state index in [1.807, 2.05) is 30.3 Å². The molecule has 1 atom stereocenters. The Kier molecular flexibility index (Phi) is 5.21. The van der Waals surface area contributed by atoms with E-state index in [0.717, 1.165) is 24.8 Å². The molecule has 2 aliphatic heterocycles. The topological polar surface area (TPSA) is 75.7 Å². The van der Waals surface area contributed by atoms with Crippen LogP contribution in [0, 0.1) is 0 Å². The van der Waals surface area contributed by atoms with Gasteiger partial charge in [-0.25, -0.2) is 0 Å². The minimum atomic E-state index is -0.352. The molecule has 0 bridgehead atoms. The lowest BCUT2D eigenvalue weighted by molar-refractivity contribution is 0.0475. The zero-order valence-electron chi connectivity index (χ0n) is 15.5. The van der Waals surface area contributed by atoms with Crippen molar-refractivity contribution in [2.45, 2.75) is 25.4 Å². The second-order valence-electron chi connectivity index (χ2n) is 7.11. The molecule has 28 heavy (non-hydrogen) atoms. The smallest absolute Gasteiger partial charge is 0.261 e. The molecule has 0 aromatic heterocycles. The first-order chi connectivity index (χ1) is 13.6. The van der Waals surface area contributed by atoms with Crippen LogP contribution in [-0.4, -0.2) is 48.4 Å². The third-order valence-corrected chi connectivity index (χ3v) is 5.19. The van der Waals surface area contributed by atoms with Crippen LogP contribution < -0.4 is 5.32 Å². The van der Waals surface area contributed by atoms with E-state index < -0.39 is 0 Å². The third-order valence-electron chi connectivity index (χ3n) is 5.19. The predicted molar refractivity (Wildman–Crippen MR) is 103 cm³/mol. The summed E-state index contributed by atoms with van der Waals surface area (Å²) >= 11 is 0. The number of imide groups is 1. The van der Waals surface area contributed by atoms with Gasteiger partial charge in [0.1, 0.15) is 0 Å². The summed E-state index contributed by atoms with van der Waals surface area (Å²) < 4.78 is 5.54. The highest BCUT2D eigenvalue weighted by Crippen LogP contribution is 2.26. The normalized spacial score (nSPS) is 18.4. The molecule has 2 heterocycles. The van der Waals surface area contributed by atoms with E-state index >= 15 is 0 Å². The van der Waals surface area contributed by atoms with Crippen molar-refractivity contribution in [1.29, 1.82) is 0 Å². The average molecular weight is 378 g/mol. The summed E-state index contributed by atoms with van der Waals surface area (Å²) in [5.74, 6) is -0.919. The van der Waals surface area contributed by atoms with Gasteiger partial charge in [0.05, 0.1) is 23.8 Å². The van der Waals surface area contributed by atoms with Crippen LogP contribution in [0.2, 0.25) is 0 Å². The van der Waals surface area contributed by atoms with Gasteiger partial charge in [-0.05, 0) is 43.0 Å². The van der Waals surface area contributed by atoms with Crippen molar-refractivity contribution < 1.29 is 19.1 Å². The van der Waals surface area contributed by atoms with Crippen LogP contribution in [0.5, 0.6) is 0 Å². The van der Waals surface area contributed by atoms with Crippen LogP contribution >= 0.6 is 0 Å². The van der Waals surface area contributed by atoms with Crippen LogP contribution in [0.25, 0.3) is 0 Å². The maximum Gasteiger partial charge on any atom is 0.261 e. The number of amides is 3. The van der Waals surface area contributed by atoms with E-state index in [1.54, 1.807) is 12.1 Å². The number of carbonyl (C=O) groups is 3. The van der Waals surface area contributed by atoms with Crippen molar-refractivity contribution in [2.75, 3.05) is 19.7 Å². The van der Waals surface area contributed by atoms with E-state index in [1.165, 1.54) is 11.0 Å². The summed E-state index contributed by atoms with van der Waals surface area (Å²) in [6.45, 7) is 1.43. The van der Waals surface area contributed by atoms with Gasteiger partial charge in [0, 0.05) is 18.7 Å². The lowest BCUT2D eigenvalue weighted by Crippen LogP contribution is -2.36. The van der Waals surface area contributed by atoms with Crippen LogP contribution in [0.15, 0.2) is 48.5 Å². The van der Waals surface area contributed by atoms with Gasteiger partial charge < -0.3 is 10.1 Å². The van der Waals surface area contributed by atoms with Crippen molar-refractivity contribution in [3.63, 3.8) is 0 Å². The Balaban J connectivity index is 1.41. The fourth-order valence-electron chi connectivity index (χ4n) is 3.66. The van der Waals surface area contributed by atoms with Gasteiger partial charge in [-0.1, -0.05) is 30.3 Å². The number of rotatable bonds is 6. The molecule has 0 spiro atoms. The van der Waals surface area contributed by atoms with Gasteiger partial charge in [-0.15, -0.1) is 0 Å². The fourth-order valence-corrected chi connectivity index (χ4v) is 3.66. The molecule has 2 aromatic carbocycles. The van der Waals surface area contributed by atoms with E-state index in [0.29, 0.717) is 29.8 Å². The zero-order valence-corrected chi connectivity index (χ0v) is 15.5. The molecule has 1 unspecified atom stereocenters. The Morgan fingerprint density at radius 1 is 1.07 bits per heavy atom. The highest BCUT2D eigenvalue weighted by Gasteiger charge is 2.37. The van der Waals surface area contributed by atoms with E-state index in [4.69, 9.17) is 4.74 Å². The van der Waals surface area contributed by atoms with Crippen molar-refractivity contribution in [1.82, 2.24) is 10.2 Å². The van der Waals surface area contributed by atoms with Gasteiger partial charge in [-0.2, -0.15) is 0 Å². The monoisotopic (exact) mass is 378 g/mol. The average Bonchev–Trinajstić information content (AvgIpc) is 3.32. The first-order valence-electron chi connectivity index (χ1n) is 9.57. The number of hydrogen-bond donors (Lipinski definition) is 1. The van der Waals surface area contributed by atoms with Gasteiger partial charge in [0.25, 0.3) is 17.7 Å². The zero-order chi connectivity index (χ0) is 19.5. The molecule has 6 heteroatoms. The van der Waals surface area contributed by atoms with Gasteiger partial charge in [0.15, 0.2) is 0 Å². The summed E-state index contributed by atoms with van der Waals surface area (Å²) in [6, 6.07) is 14.6. The summed E-state index contributed by atoms with van der Waals surface area (Å²) in [5.41, 5.74) is 2.16. The Bertz CT molecular complexity index is 904. The summed E-state index contributed by atoms with van der Waals surface area (Å²) in [6.07, 6.45) is 2.43. The van der Waals surface area contributed by atoms with Gasteiger partial charge in [-0.3, -0.25) is 19.3 Å². The summed E-state index contributed by atoms with van der Waals surface area (Å²) in [4.78, 5) is 38.9. The number of nitrogens with one attached hydrogen (secondary N) is 1. The molecule has 2 aliphatic rings. The minimum Gasteiger partial charge on any atom is -0.376 e. The molecule has 0 radical (unpaired) electrons. The molecule has 1 N–H and O–H groups in total. The summed E-state index contributed by atoms with van der Waals surface area (Å²) in [5, 5.41) is 2.87. The molecule has 1 fully saturated rings. The van der Waals surface area contributed by atoms with E-state index in [-0.39, 0.29) is 30.4 Å². The summed E-state index contributed by atoms with van der Waals surface area (Å²) in [7, 11) is 0. The van der Waals surface area contributed by atoms with Crippen LogP contribution in [0.4, 0.5) is 0 Å². The Morgan fingerprint density at radius 2 is 1.86 bits per heavy atom. The van der Waals surface area contributed by atoms with E-state index in [2.05, 4.69) is 5.32 Å². The molecule has 0 aliphatic carbocycles. The highest BCUT2D eigenvalue weighted by molar-refractivity contribution is 6.22. The quantitative estimate of drug-likeness (QED) is 0.784. The number of hydrogen-bond acceptors (Lipinski definition) is 4. The lowest BCUT2D eigenvalue weighted by Gasteiger charge is -2.17. The van der Waals surface area contributed by atoms with Crippen molar-refractivity contribution >= 4 is 17.7 Å². The predicted octanol–water partition coefficient (Wildman–Crippen LogP) is 2.43. The first kappa shape index (κ1) is 18.4. The fraction of sp³-hybridized carbons (Fsp3) is 0.318. The molecule has 1 saturated heterocycles. The van der Waals surface area contributed by atoms with Crippen LogP contribution in [-0.2, 0) is 11.2 Å². The van der Waals surface area contributed by atoms with E-state index in [9.17, 15) is 14.4 Å². The Hall–Kier alpha value is -2.99. The Morgan fingerprint density at radius 3 is 2.61 bits per heavy atom. The number of carbonyl (C=O) groups excluding carboxylic acids is 3. The van der Waals surface area contributed by atoms with Crippen molar-refractivity contribution in [2.24, 2.45) is 0 Å². The van der Waals surface area contributed by atoms with Gasteiger partial charge >= 0.3 is 0 Å². The molecule has 144 valence electrons. The van der Waals surface area contributed by atoms with Gasteiger partial charge in [0.2, 0.25) is 0 Å². The second kappa shape index (κ2) is 7.94. The second-order valence-corrected chi connectivity index (χ2v) is 7.11. The minimum absolute atomic E-state index is 0.0945. The number of benzene rings is 2. The maximum absolute atomic E-state index is 12.7. The number of ether oxygens (including phenoxy) is 1. The van der Waals surface area contributed by atoms with Crippen molar-refractivity contribution in [3.8, 4) is 0 Å². The molecule has 4 rings (SSSR count). The third kappa shape index (κ3) is 3.68. The number of fused-ring (bicyclic) bond motifs is 1. The SMILES string of the molecule is O=C(NCCc1ccccc1)c1ccc2c(c1)C(=O)N(CC1CCCO1)C2=O. The van der Waals surface area contributed by atoms with Crippen molar-refractivity contribution in [3.05, 3.63) is 70.8 Å².